The number of aromatic hydroxyl groups is 1. The number of aryl methyl sites for hydroxylation is 1. The van der Waals surface area contributed by atoms with Crippen LogP contribution in [0, 0.1) is 0 Å². The number of hydrogen-bond acceptors (Lipinski definition) is 5. The number of nitrogens with zero attached hydrogens (tertiary/aromatic N) is 4. The van der Waals surface area contributed by atoms with Gasteiger partial charge in [-0.3, -0.25) is 4.99 Å². The molecule has 0 radical (unpaired) electrons. The van der Waals surface area contributed by atoms with E-state index in [0.717, 1.165) is 43.4 Å². The predicted molar refractivity (Wildman–Crippen MR) is 117 cm³/mol. The summed E-state index contributed by atoms with van der Waals surface area (Å²) < 4.78 is 7.17. The van der Waals surface area contributed by atoms with E-state index in [1.807, 2.05) is 23.6 Å². The smallest absolute Gasteiger partial charge is 0.191 e. The molecule has 0 unspecified atom stereocenters. The van der Waals surface area contributed by atoms with Crippen LogP contribution in [0.15, 0.2) is 29.5 Å². The summed E-state index contributed by atoms with van der Waals surface area (Å²) in [7, 11) is 1.55. The molecule has 0 saturated carbocycles. The Kier molecular flexibility index (Phi) is 10.5. The van der Waals surface area contributed by atoms with Crippen molar-refractivity contribution >= 4 is 29.9 Å². The standard InChI is InChI=1S/C18H28N6O2.HI/c1-4-16-23-22-13-24(16)12-11-21-18(19-5-2)20-10-9-14-7-6-8-15(26-3)17(14)25;/h6-8,13,25H,4-5,9-12H2,1-3H3,(H2,19,20,21);1H. The highest BCUT2D eigenvalue weighted by molar-refractivity contribution is 14.0. The SMILES string of the molecule is CCNC(=NCCc1cccc(OC)c1O)NCCn1cnnc1CC.I. The van der Waals surface area contributed by atoms with Gasteiger partial charge in [-0.25, -0.2) is 0 Å². The van der Waals surface area contributed by atoms with Crippen molar-refractivity contribution in [3.63, 3.8) is 0 Å². The molecule has 27 heavy (non-hydrogen) atoms. The van der Waals surface area contributed by atoms with Gasteiger partial charge in [-0.15, -0.1) is 34.2 Å². The summed E-state index contributed by atoms with van der Waals surface area (Å²) in [5.41, 5.74) is 0.820. The zero-order valence-corrected chi connectivity index (χ0v) is 18.4. The molecule has 0 saturated heterocycles. The first-order chi connectivity index (χ1) is 12.7. The van der Waals surface area contributed by atoms with Gasteiger partial charge in [-0.2, -0.15) is 0 Å². The lowest BCUT2D eigenvalue weighted by molar-refractivity contribution is 0.370. The number of ether oxygens (including phenoxy) is 1. The number of halogens is 1. The van der Waals surface area contributed by atoms with E-state index in [0.29, 0.717) is 18.7 Å². The fourth-order valence-corrected chi connectivity index (χ4v) is 2.60. The van der Waals surface area contributed by atoms with Crippen LogP contribution in [-0.2, 0) is 19.4 Å². The summed E-state index contributed by atoms with van der Waals surface area (Å²) in [6, 6.07) is 5.49. The molecule has 0 amide bonds. The van der Waals surface area contributed by atoms with E-state index in [-0.39, 0.29) is 29.7 Å². The molecule has 9 heteroatoms. The van der Waals surface area contributed by atoms with Gasteiger partial charge in [-0.05, 0) is 25.0 Å². The summed E-state index contributed by atoms with van der Waals surface area (Å²) in [6.45, 7) is 6.93. The maximum atomic E-state index is 10.1. The minimum Gasteiger partial charge on any atom is -0.504 e. The van der Waals surface area contributed by atoms with E-state index in [9.17, 15) is 5.11 Å². The van der Waals surface area contributed by atoms with Gasteiger partial charge in [0, 0.05) is 32.6 Å². The topological polar surface area (TPSA) is 96.6 Å². The van der Waals surface area contributed by atoms with Crippen molar-refractivity contribution in [3.8, 4) is 11.5 Å². The molecule has 0 bridgehead atoms. The molecule has 2 aromatic rings. The lowest BCUT2D eigenvalue weighted by atomic mass is 10.1. The van der Waals surface area contributed by atoms with Crippen LogP contribution < -0.4 is 15.4 Å². The molecule has 150 valence electrons. The van der Waals surface area contributed by atoms with E-state index in [1.54, 1.807) is 19.5 Å². The molecule has 0 aliphatic rings. The van der Waals surface area contributed by atoms with Gasteiger partial charge in [0.15, 0.2) is 17.5 Å². The first-order valence-electron chi connectivity index (χ1n) is 8.93. The van der Waals surface area contributed by atoms with Crippen LogP contribution in [0.2, 0.25) is 0 Å². The number of aromatic nitrogens is 3. The molecule has 2 rings (SSSR count). The van der Waals surface area contributed by atoms with E-state index in [2.05, 4.69) is 32.7 Å². The van der Waals surface area contributed by atoms with Crippen LogP contribution in [0.25, 0.3) is 0 Å². The average molecular weight is 488 g/mol. The van der Waals surface area contributed by atoms with Crippen LogP contribution in [0.5, 0.6) is 11.5 Å². The van der Waals surface area contributed by atoms with Gasteiger partial charge in [0.05, 0.1) is 7.11 Å². The van der Waals surface area contributed by atoms with Crippen LogP contribution >= 0.6 is 24.0 Å². The average Bonchev–Trinajstić information content (AvgIpc) is 3.10. The summed E-state index contributed by atoms with van der Waals surface area (Å²) >= 11 is 0. The Morgan fingerprint density at radius 3 is 2.81 bits per heavy atom. The van der Waals surface area contributed by atoms with E-state index in [4.69, 9.17) is 4.74 Å². The minimum atomic E-state index is 0. The van der Waals surface area contributed by atoms with E-state index in [1.165, 1.54) is 0 Å². The normalized spacial score (nSPS) is 11.0. The number of aliphatic imine (C=N–C) groups is 1. The monoisotopic (exact) mass is 488 g/mol. The third kappa shape index (κ3) is 6.89. The number of rotatable bonds is 9. The molecule has 0 atom stereocenters. The summed E-state index contributed by atoms with van der Waals surface area (Å²) in [6.07, 6.45) is 3.24. The van der Waals surface area contributed by atoms with Gasteiger partial charge in [0.25, 0.3) is 0 Å². The van der Waals surface area contributed by atoms with Crippen LogP contribution in [-0.4, -0.2) is 52.6 Å². The van der Waals surface area contributed by atoms with Crippen molar-refractivity contribution in [1.82, 2.24) is 25.4 Å². The van der Waals surface area contributed by atoms with Crippen molar-refractivity contribution in [3.05, 3.63) is 35.9 Å². The zero-order valence-electron chi connectivity index (χ0n) is 16.1. The van der Waals surface area contributed by atoms with E-state index >= 15 is 0 Å². The Labute approximate surface area is 177 Å². The number of guanidine groups is 1. The summed E-state index contributed by atoms with van der Waals surface area (Å²) in [5.74, 6) is 2.39. The number of phenolic OH excluding ortho intramolecular Hbond substituents is 1. The van der Waals surface area contributed by atoms with Crippen LogP contribution in [0.3, 0.4) is 0 Å². The number of methoxy groups -OCH3 is 1. The molecule has 0 aliphatic heterocycles. The molecule has 1 heterocycles. The summed E-state index contributed by atoms with van der Waals surface area (Å²) in [5, 5.41) is 24.7. The van der Waals surface area contributed by atoms with Gasteiger partial charge >= 0.3 is 0 Å². The van der Waals surface area contributed by atoms with Crippen molar-refractivity contribution in [1.29, 1.82) is 0 Å². The van der Waals surface area contributed by atoms with Crippen LogP contribution in [0.1, 0.15) is 25.2 Å². The quantitative estimate of drug-likeness (QED) is 0.284. The molecule has 0 aliphatic carbocycles. The zero-order chi connectivity index (χ0) is 18.8. The number of nitrogens with one attached hydrogen (secondary N) is 2. The van der Waals surface area contributed by atoms with Gasteiger partial charge < -0.3 is 25.0 Å². The van der Waals surface area contributed by atoms with Crippen LogP contribution in [0.4, 0.5) is 0 Å². The fraction of sp³-hybridized carbons (Fsp3) is 0.500. The molecule has 0 spiro atoms. The van der Waals surface area contributed by atoms with Crippen molar-refractivity contribution in [2.24, 2.45) is 4.99 Å². The Bertz CT molecular complexity index is 720. The Balaban J connectivity index is 0.00000364. The Morgan fingerprint density at radius 1 is 1.30 bits per heavy atom. The second-order valence-corrected chi connectivity index (χ2v) is 5.70. The number of benzene rings is 1. The van der Waals surface area contributed by atoms with Gasteiger partial charge in [0.1, 0.15) is 12.2 Å². The summed E-state index contributed by atoms with van der Waals surface area (Å²) in [4.78, 5) is 4.57. The van der Waals surface area contributed by atoms with Gasteiger partial charge in [-0.1, -0.05) is 19.1 Å². The minimum absolute atomic E-state index is 0. The second-order valence-electron chi connectivity index (χ2n) is 5.70. The predicted octanol–water partition coefficient (Wildman–Crippen LogP) is 1.97. The first-order valence-corrected chi connectivity index (χ1v) is 8.93. The highest BCUT2D eigenvalue weighted by Gasteiger charge is 2.07. The Hall–Kier alpha value is -2.04. The van der Waals surface area contributed by atoms with Crippen molar-refractivity contribution < 1.29 is 9.84 Å². The lowest BCUT2D eigenvalue weighted by Gasteiger charge is -2.12. The third-order valence-corrected chi connectivity index (χ3v) is 3.95. The highest BCUT2D eigenvalue weighted by atomic mass is 127. The molecule has 1 aromatic carbocycles. The van der Waals surface area contributed by atoms with E-state index < -0.39 is 0 Å². The number of phenols is 1. The molecule has 1 aromatic heterocycles. The third-order valence-electron chi connectivity index (χ3n) is 3.95. The Morgan fingerprint density at radius 2 is 2.11 bits per heavy atom. The molecule has 3 N–H and O–H groups in total. The van der Waals surface area contributed by atoms with Gasteiger partial charge in [0.2, 0.25) is 0 Å². The first kappa shape index (κ1) is 23.0. The largest absolute Gasteiger partial charge is 0.504 e. The number of hydrogen-bond donors (Lipinski definition) is 3. The highest BCUT2D eigenvalue weighted by Crippen LogP contribution is 2.29. The molecular weight excluding hydrogens is 459 g/mol. The second kappa shape index (κ2) is 12.4. The molecular formula is C18H29IN6O2. The van der Waals surface area contributed by atoms with Crippen molar-refractivity contribution in [2.45, 2.75) is 33.2 Å². The van der Waals surface area contributed by atoms with Crippen molar-refractivity contribution in [2.75, 3.05) is 26.7 Å². The molecule has 0 fully saturated rings. The maximum absolute atomic E-state index is 10.1. The number of para-hydroxylation sites is 1. The fourth-order valence-electron chi connectivity index (χ4n) is 2.60. The maximum Gasteiger partial charge on any atom is 0.191 e. The molecule has 8 nitrogen and oxygen atoms in total. The lowest BCUT2D eigenvalue weighted by Crippen LogP contribution is -2.39.